The van der Waals surface area contributed by atoms with Crippen LogP contribution in [0.3, 0.4) is 0 Å². The first kappa shape index (κ1) is 15.5. The molecular weight excluding hydrogens is 276 g/mol. The van der Waals surface area contributed by atoms with E-state index in [2.05, 4.69) is 12.0 Å². The van der Waals surface area contributed by atoms with Crippen molar-refractivity contribution in [3.8, 4) is 0 Å². The van der Waals surface area contributed by atoms with Gasteiger partial charge in [-0.1, -0.05) is 19.8 Å². The SMILES string of the molecule is CCCC1CCCCN1S(=O)(=O)c1cnn(CCN)c1. The maximum Gasteiger partial charge on any atom is 0.246 e. The lowest BCUT2D eigenvalue weighted by molar-refractivity contribution is 0.239. The predicted molar refractivity (Wildman–Crippen MR) is 77.7 cm³/mol. The Morgan fingerprint density at radius 1 is 1.45 bits per heavy atom. The maximum atomic E-state index is 12.7. The van der Waals surface area contributed by atoms with Crippen LogP contribution in [0.2, 0.25) is 0 Å². The van der Waals surface area contributed by atoms with Gasteiger partial charge in [0.1, 0.15) is 4.90 Å². The number of nitrogens with two attached hydrogens (primary N) is 1. The quantitative estimate of drug-likeness (QED) is 0.855. The number of piperidine rings is 1. The Balaban J connectivity index is 2.22. The molecule has 0 radical (unpaired) electrons. The third-order valence-corrected chi connectivity index (χ3v) is 5.67. The van der Waals surface area contributed by atoms with Crippen LogP contribution < -0.4 is 5.73 Å². The molecule has 0 aromatic carbocycles. The van der Waals surface area contributed by atoms with Crippen LogP contribution in [-0.4, -0.2) is 41.6 Å². The van der Waals surface area contributed by atoms with Crippen molar-refractivity contribution in [3.05, 3.63) is 12.4 Å². The average Bonchev–Trinajstić information content (AvgIpc) is 2.89. The zero-order chi connectivity index (χ0) is 14.6. The summed E-state index contributed by atoms with van der Waals surface area (Å²) >= 11 is 0. The fourth-order valence-electron chi connectivity index (χ4n) is 2.78. The van der Waals surface area contributed by atoms with Gasteiger partial charge in [0.25, 0.3) is 0 Å². The Morgan fingerprint density at radius 3 is 2.95 bits per heavy atom. The van der Waals surface area contributed by atoms with Gasteiger partial charge in [-0.25, -0.2) is 8.42 Å². The second kappa shape index (κ2) is 6.69. The Morgan fingerprint density at radius 2 is 2.25 bits per heavy atom. The third-order valence-electron chi connectivity index (χ3n) is 3.77. The molecule has 0 bridgehead atoms. The van der Waals surface area contributed by atoms with Crippen molar-refractivity contribution in [1.29, 1.82) is 0 Å². The summed E-state index contributed by atoms with van der Waals surface area (Å²) < 4.78 is 28.7. The lowest BCUT2D eigenvalue weighted by Gasteiger charge is -2.34. The second-order valence-electron chi connectivity index (χ2n) is 5.28. The van der Waals surface area contributed by atoms with Crippen molar-refractivity contribution in [2.75, 3.05) is 13.1 Å². The van der Waals surface area contributed by atoms with Gasteiger partial charge in [-0.2, -0.15) is 9.40 Å². The van der Waals surface area contributed by atoms with Crippen molar-refractivity contribution in [1.82, 2.24) is 14.1 Å². The zero-order valence-electron chi connectivity index (χ0n) is 12.0. The highest BCUT2D eigenvalue weighted by Crippen LogP contribution is 2.27. The molecule has 1 aliphatic rings. The van der Waals surface area contributed by atoms with Gasteiger partial charge >= 0.3 is 0 Å². The van der Waals surface area contributed by atoms with Crippen LogP contribution in [0.25, 0.3) is 0 Å². The lowest BCUT2D eigenvalue weighted by Crippen LogP contribution is -2.43. The molecule has 0 amide bonds. The molecule has 0 saturated carbocycles. The molecule has 7 heteroatoms. The molecule has 1 saturated heterocycles. The second-order valence-corrected chi connectivity index (χ2v) is 7.17. The Bertz CT molecular complexity index is 524. The summed E-state index contributed by atoms with van der Waals surface area (Å²) in [6.07, 6.45) is 7.96. The summed E-state index contributed by atoms with van der Waals surface area (Å²) in [6.45, 7) is 3.70. The highest BCUT2D eigenvalue weighted by molar-refractivity contribution is 7.89. The van der Waals surface area contributed by atoms with E-state index in [1.807, 2.05) is 0 Å². The molecule has 1 atom stereocenters. The Hall–Kier alpha value is -0.920. The fourth-order valence-corrected chi connectivity index (χ4v) is 4.46. The van der Waals surface area contributed by atoms with E-state index in [0.29, 0.717) is 19.6 Å². The van der Waals surface area contributed by atoms with Crippen molar-refractivity contribution < 1.29 is 8.42 Å². The average molecular weight is 300 g/mol. The van der Waals surface area contributed by atoms with Crippen molar-refractivity contribution in [2.24, 2.45) is 5.73 Å². The highest BCUT2D eigenvalue weighted by atomic mass is 32.2. The molecular formula is C13H24N4O2S. The van der Waals surface area contributed by atoms with E-state index in [-0.39, 0.29) is 10.9 Å². The van der Waals surface area contributed by atoms with E-state index in [9.17, 15) is 8.42 Å². The van der Waals surface area contributed by atoms with E-state index >= 15 is 0 Å². The zero-order valence-corrected chi connectivity index (χ0v) is 12.8. The smallest absolute Gasteiger partial charge is 0.246 e. The summed E-state index contributed by atoms with van der Waals surface area (Å²) in [5.41, 5.74) is 5.46. The van der Waals surface area contributed by atoms with Gasteiger partial charge in [0.15, 0.2) is 0 Å². The molecule has 1 aliphatic heterocycles. The van der Waals surface area contributed by atoms with Crippen LogP contribution in [0.5, 0.6) is 0 Å². The first-order valence-electron chi connectivity index (χ1n) is 7.34. The Kier molecular flexibility index (Phi) is 5.17. The molecule has 20 heavy (non-hydrogen) atoms. The van der Waals surface area contributed by atoms with Crippen molar-refractivity contribution >= 4 is 10.0 Å². The summed E-state index contributed by atoms with van der Waals surface area (Å²) in [5.74, 6) is 0. The van der Waals surface area contributed by atoms with Gasteiger partial charge in [0, 0.05) is 25.3 Å². The lowest BCUT2D eigenvalue weighted by atomic mass is 10.0. The van der Waals surface area contributed by atoms with Crippen molar-refractivity contribution in [3.63, 3.8) is 0 Å². The number of rotatable bonds is 6. The number of sulfonamides is 1. The third kappa shape index (κ3) is 3.21. The summed E-state index contributed by atoms with van der Waals surface area (Å²) in [5, 5.41) is 4.07. The minimum Gasteiger partial charge on any atom is -0.329 e. The van der Waals surface area contributed by atoms with Crippen LogP contribution in [0.1, 0.15) is 39.0 Å². The molecule has 2 N–H and O–H groups in total. The van der Waals surface area contributed by atoms with E-state index < -0.39 is 10.0 Å². The molecule has 2 rings (SSSR count). The summed E-state index contributed by atoms with van der Waals surface area (Å²) in [4.78, 5) is 0.286. The van der Waals surface area contributed by atoms with E-state index in [0.717, 1.165) is 32.1 Å². The topological polar surface area (TPSA) is 81.2 Å². The fraction of sp³-hybridized carbons (Fsp3) is 0.769. The highest BCUT2D eigenvalue weighted by Gasteiger charge is 2.33. The molecule has 0 aliphatic carbocycles. The Labute approximate surface area is 121 Å². The van der Waals surface area contributed by atoms with Crippen LogP contribution in [0.15, 0.2) is 17.3 Å². The van der Waals surface area contributed by atoms with Gasteiger partial charge in [-0.05, 0) is 19.3 Å². The van der Waals surface area contributed by atoms with Crippen LogP contribution in [0.4, 0.5) is 0 Å². The standard InChI is InChI=1S/C13H24N4O2S/c1-2-5-12-6-3-4-8-17(12)20(18,19)13-10-15-16(11-13)9-7-14/h10-12H,2-9,14H2,1H3. The molecule has 0 spiro atoms. The number of aromatic nitrogens is 2. The largest absolute Gasteiger partial charge is 0.329 e. The van der Waals surface area contributed by atoms with Gasteiger partial charge in [-0.15, -0.1) is 0 Å². The first-order valence-corrected chi connectivity index (χ1v) is 8.78. The van der Waals surface area contributed by atoms with Crippen molar-refractivity contribution in [2.45, 2.75) is 56.5 Å². The van der Waals surface area contributed by atoms with E-state index in [1.54, 1.807) is 15.2 Å². The molecule has 1 aromatic heterocycles. The van der Waals surface area contributed by atoms with Gasteiger partial charge < -0.3 is 5.73 Å². The normalized spacial score (nSPS) is 21.2. The van der Waals surface area contributed by atoms with Gasteiger partial charge in [0.2, 0.25) is 10.0 Å². The minimum atomic E-state index is -3.42. The van der Waals surface area contributed by atoms with Crippen LogP contribution in [-0.2, 0) is 16.6 Å². The molecule has 6 nitrogen and oxygen atoms in total. The number of nitrogens with zero attached hydrogens (tertiary/aromatic N) is 3. The monoisotopic (exact) mass is 300 g/mol. The molecule has 1 fully saturated rings. The van der Waals surface area contributed by atoms with E-state index in [4.69, 9.17) is 5.73 Å². The molecule has 114 valence electrons. The van der Waals surface area contributed by atoms with Crippen LogP contribution in [0, 0.1) is 0 Å². The van der Waals surface area contributed by atoms with E-state index in [1.165, 1.54) is 6.20 Å². The molecule has 1 unspecified atom stereocenters. The number of hydrogen-bond donors (Lipinski definition) is 1. The molecule has 1 aromatic rings. The van der Waals surface area contributed by atoms with Gasteiger partial charge in [0.05, 0.1) is 12.7 Å². The van der Waals surface area contributed by atoms with Gasteiger partial charge in [-0.3, -0.25) is 4.68 Å². The minimum absolute atomic E-state index is 0.136. The predicted octanol–water partition coefficient (Wildman–Crippen LogP) is 1.19. The first-order chi connectivity index (χ1) is 9.59. The molecule has 2 heterocycles. The maximum absolute atomic E-state index is 12.7. The summed E-state index contributed by atoms with van der Waals surface area (Å²) in [7, 11) is -3.42. The number of hydrogen-bond acceptors (Lipinski definition) is 4. The summed E-state index contributed by atoms with van der Waals surface area (Å²) in [6, 6.07) is 0.136. The van der Waals surface area contributed by atoms with Crippen LogP contribution >= 0.6 is 0 Å².